The molecule has 24 heavy (non-hydrogen) atoms. The lowest BCUT2D eigenvalue weighted by molar-refractivity contribution is -0.0514. The molecule has 4 nitrogen and oxygen atoms in total. The van der Waals surface area contributed by atoms with Gasteiger partial charge in [-0.05, 0) is 55.8 Å². The quantitative estimate of drug-likeness (QED) is 0.849. The predicted octanol–water partition coefficient (Wildman–Crippen LogP) is 4.39. The minimum Gasteiger partial charge on any atom is -0.490 e. The van der Waals surface area contributed by atoms with Crippen LogP contribution in [0.4, 0.5) is 18.9 Å². The van der Waals surface area contributed by atoms with Crippen molar-refractivity contribution in [3.05, 3.63) is 53.3 Å². The van der Waals surface area contributed by atoms with Crippen LogP contribution < -0.4 is 14.8 Å². The van der Waals surface area contributed by atoms with E-state index >= 15 is 0 Å². The first-order valence-electron chi connectivity index (χ1n) is 7.20. The molecule has 0 aliphatic rings. The molecule has 1 amide bonds. The van der Waals surface area contributed by atoms with E-state index in [2.05, 4.69) is 10.1 Å². The summed E-state index contributed by atoms with van der Waals surface area (Å²) in [6, 6.07) is 7.86. The van der Waals surface area contributed by atoms with Crippen LogP contribution in [0.5, 0.6) is 11.5 Å². The summed E-state index contributed by atoms with van der Waals surface area (Å²) in [5.74, 6) is -0.991. The van der Waals surface area contributed by atoms with Crippen molar-refractivity contribution >= 4 is 11.6 Å². The zero-order valence-corrected chi connectivity index (χ0v) is 13.1. The van der Waals surface area contributed by atoms with Crippen molar-refractivity contribution in [1.29, 1.82) is 0 Å². The van der Waals surface area contributed by atoms with E-state index in [1.54, 1.807) is 13.8 Å². The van der Waals surface area contributed by atoms with Gasteiger partial charge >= 0.3 is 6.61 Å². The highest BCUT2D eigenvalue weighted by Gasteiger charge is 2.15. The van der Waals surface area contributed by atoms with E-state index < -0.39 is 18.3 Å². The molecule has 0 saturated heterocycles. The van der Waals surface area contributed by atoms with E-state index in [0.29, 0.717) is 11.3 Å². The van der Waals surface area contributed by atoms with Gasteiger partial charge in [0.15, 0.2) is 11.5 Å². The van der Waals surface area contributed by atoms with Crippen LogP contribution in [0.15, 0.2) is 36.4 Å². The Morgan fingerprint density at radius 3 is 2.54 bits per heavy atom. The molecule has 7 heteroatoms. The van der Waals surface area contributed by atoms with Crippen molar-refractivity contribution in [3.8, 4) is 11.5 Å². The highest BCUT2D eigenvalue weighted by Crippen LogP contribution is 2.30. The molecule has 0 saturated carbocycles. The van der Waals surface area contributed by atoms with Gasteiger partial charge in [-0.3, -0.25) is 4.79 Å². The molecule has 0 aromatic heterocycles. The van der Waals surface area contributed by atoms with E-state index in [-0.39, 0.29) is 23.7 Å². The number of amides is 1. The molecular weight excluding hydrogens is 323 g/mol. The van der Waals surface area contributed by atoms with Crippen molar-refractivity contribution < 1.29 is 27.4 Å². The molecule has 0 heterocycles. The molecule has 1 N–H and O–H groups in total. The third-order valence-electron chi connectivity index (χ3n) is 3.16. The fraction of sp³-hybridized carbons (Fsp3) is 0.235. The van der Waals surface area contributed by atoms with Gasteiger partial charge in [-0.15, -0.1) is 0 Å². The Bertz CT molecular complexity index is 735. The summed E-state index contributed by atoms with van der Waals surface area (Å²) in [7, 11) is 0. The lowest BCUT2D eigenvalue weighted by Crippen LogP contribution is -2.13. The fourth-order valence-electron chi connectivity index (χ4n) is 2.07. The highest BCUT2D eigenvalue weighted by atomic mass is 19.3. The van der Waals surface area contributed by atoms with Crippen LogP contribution in [-0.2, 0) is 0 Å². The van der Waals surface area contributed by atoms with Gasteiger partial charge in [0, 0.05) is 11.3 Å². The lowest BCUT2D eigenvalue weighted by Gasteiger charge is -2.13. The monoisotopic (exact) mass is 339 g/mol. The number of hydrogen-bond donors (Lipinski definition) is 1. The van der Waals surface area contributed by atoms with Crippen LogP contribution in [0.3, 0.4) is 0 Å². The van der Waals surface area contributed by atoms with Gasteiger partial charge in [0.25, 0.3) is 5.91 Å². The van der Waals surface area contributed by atoms with Crippen molar-refractivity contribution in [1.82, 2.24) is 0 Å². The Kier molecular flexibility index (Phi) is 5.68. The van der Waals surface area contributed by atoms with E-state index in [1.165, 1.54) is 36.4 Å². The maximum absolute atomic E-state index is 13.1. The van der Waals surface area contributed by atoms with Gasteiger partial charge in [-0.25, -0.2) is 4.39 Å². The molecule has 0 bridgehead atoms. The largest absolute Gasteiger partial charge is 0.490 e. The summed E-state index contributed by atoms with van der Waals surface area (Å²) in [5.41, 5.74) is 1.21. The third-order valence-corrected chi connectivity index (χ3v) is 3.16. The summed E-state index contributed by atoms with van der Waals surface area (Å²) in [6.07, 6.45) is 0. The zero-order valence-electron chi connectivity index (χ0n) is 13.1. The molecule has 0 aliphatic carbocycles. The number of anilines is 1. The topological polar surface area (TPSA) is 47.6 Å². The minimum absolute atomic E-state index is 0.0429. The number of benzene rings is 2. The van der Waals surface area contributed by atoms with Crippen LogP contribution in [0.25, 0.3) is 0 Å². The van der Waals surface area contributed by atoms with E-state index in [9.17, 15) is 18.0 Å². The second-order valence-corrected chi connectivity index (χ2v) is 4.89. The first-order chi connectivity index (χ1) is 11.4. The maximum atomic E-state index is 13.1. The van der Waals surface area contributed by atoms with E-state index in [0.717, 1.165) is 0 Å². The van der Waals surface area contributed by atoms with Gasteiger partial charge in [-0.2, -0.15) is 8.78 Å². The smallest absolute Gasteiger partial charge is 0.387 e. The van der Waals surface area contributed by atoms with Crippen LogP contribution in [0.2, 0.25) is 0 Å². The van der Waals surface area contributed by atoms with E-state index in [1.807, 2.05) is 0 Å². The number of hydrogen-bond acceptors (Lipinski definition) is 3. The van der Waals surface area contributed by atoms with Crippen LogP contribution in [-0.4, -0.2) is 19.1 Å². The summed E-state index contributed by atoms with van der Waals surface area (Å²) < 4.78 is 47.4. The molecule has 0 aliphatic heterocycles. The lowest BCUT2D eigenvalue weighted by atomic mass is 10.1. The Labute approximate surface area is 137 Å². The minimum atomic E-state index is -2.99. The molecule has 2 aromatic rings. The molecule has 0 atom stereocenters. The number of nitrogens with one attached hydrogen (secondary N) is 1. The van der Waals surface area contributed by atoms with Gasteiger partial charge < -0.3 is 14.8 Å². The summed E-state index contributed by atoms with van der Waals surface area (Å²) >= 11 is 0. The predicted molar refractivity (Wildman–Crippen MR) is 83.3 cm³/mol. The second-order valence-electron chi connectivity index (χ2n) is 4.89. The van der Waals surface area contributed by atoms with Gasteiger partial charge in [-0.1, -0.05) is 0 Å². The number of halogens is 3. The summed E-state index contributed by atoms with van der Waals surface area (Å²) in [4.78, 5) is 12.3. The molecule has 0 radical (unpaired) electrons. The Morgan fingerprint density at radius 1 is 1.17 bits per heavy atom. The van der Waals surface area contributed by atoms with Crippen molar-refractivity contribution in [2.24, 2.45) is 0 Å². The van der Waals surface area contributed by atoms with Gasteiger partial charge in [0.2, 0.25) is 0 Å². The van der Waals surface area contributed by atoms with Crippen molar-refractivity contribution in [2.75, 3.05) is 11.9 Å². The average Bonchev–Trinajstić information content (AvgIpc) is 2.51. The van der Waals surface area contributed by atoms with Crippen LogP contribution in [0.1, 0.15) is 22.8 Å². The molecular formula is C17H16F3NO3. The molecule has 0 unspecified atom stereocenters. The Hall–Kier alpha value is -2.70. The highest BCUT2D eigenvalue weighted by molar-refractivity contribution is 6.05. The maximum Gasteiger partial charge on any atom is 0.387 e. The molecule has 128 valence electrons. The first-order valence-corrected chi connectivity index (χ1v) is 7.20. The van der Waals surface area contributed by atoms with E-state index in [4.69, 9.17) is 4.74 Å². The summed E-state index contributed by atoms with van der Waals surface area (Å²) in [6.45, 7) is 0.567. The number of alkyl halides is 2. The van der Waals surface area contributed by atoms with Crippen molar-refractivity contribution in [3.63, 3.8) is 0 Å². The SMILES string of the molecule is CCOc1cc(C(=O)Nc2ccc(F)cc2C)ccc1OC(F)F. The molecule has 2 aromatic carbocycles. The molecule has 0 spiro atoms. The third kappa shape index (κ3) is 4.41. The number of carbonyl (C=O) groups excluding carboxylic acids is 1. The Balaban J connectivity index is 2.23. The second kappa shape index (κ2) is 7.72. The van der Waals surface area contributed by atoms with Crippen LogP contribution in [0, 0.1) is 12.7 Å². The first kappa shape index (κ1) is 17.7. The molecule has 2 rings (SSSR count). The summed E-state index contributed by atoms with van der Waals surface area (Å²) in [5, 5.41) is 2.63. The van der Waals surface area contributed by atoms with Crippen LogP contribution >= 0.6 is 0 Å². The van der Waals surface area contributed by atoms with Gasteiger partial charge in [0.1, 0.15) is 5.82 Å². The number of ether oxygens (including phenoxy) is 2. The van der Waals surface area contributed by atoms with Gasteiger partial charge in [0.05, 0.1) is 6.61 Å². The number of rotatable bonds is 6. The standard InChI is InChI=1S/C17H16F3NO3/c1-3-23-15-9-11(4-7-14(15)24-17(19)20)16(22)21-13-6-5-12(18)8-10(13)2/h4-9,17H,3H2,1-2H3,(H,21,22). The van der Waals surface area contributed by atoms with Crippen molar-refractivity contribution in [2.45, 2.75) is 20.5 Å². The molecule has 0 fully saturated rings. The number of aryl methyl sites for hydroxylation is 1. The number of carbonyl (C=O) groups is 1. The average molecular weight is 339 g/mol. The normalized spacial score (nSPS) is 10.6. The fourth-order valence-corrected chi connectivity index (χ4v) is 2.07. The zero-order chi connectivity index (χ0) is 17.7. The Morgan fingerprint density at radius 2 is 1.92 bits per heavy atom.